The van der Waals surface area contributed by atoms with Crippen LogP contribution in [-0.4, -0.2) is 35.5 Å². The van der Waals surface area contributed by atoms with E-state index in [0.29, 0.717) is 0 Å². The first-order valence-corrected chi connectivity index (χ1v) is 5.27. The minimum Gasteiger partial charge on any atom is -0.506 e. The van der Waals surface area contributed by atoms with Crippen LogP contribution < -0.4 is 9.47 Å². The van der Waals surface area contributed by atoms with Crippen LogP contribution in [0.25, 0.3) is 0 Å². The summed E-state index contributed by atoms with van der Waals surface area (Å²) in [7, 11) is 2.73. The van der Waals surface area contributed by atoms with E-state index < -0.39 is 17.8 Å². The number of hydrogen-bond acceptors (Lipinski definition) is 5. The fourth-order valence-electron chi connectivity index (χ4n) is 1.30. The monoisotopic (exact) mass is 306 g/mol. The first-order valence-electron chi connectivity index (χ1n) is 4.48. The Hall–Kier alpha value is -1.47. The summed E-state index contributed by atoms with van der Waals surface area (Å²) >= 11 is 3.04. The molecule has 7 heteroatoms. The molecule has 1 aromatic rings. The molecule has 6 nitrogen and oxygen atoms in total. The average molecular weight is 307 g/mol. The normalized spacial score (nSPS) is 12.0. The zero-order valence-corrected chi connectivity index (χ0v) is 10.7. The number of carboxylic acids is 1. The van der Waals surface area contributed by atoms with E-state index in [4.69, 9.17) is 14.6 Å². The molecule has 0 heterocycles. The van der Waals surface area contributed by atoms with Gasteiger partial charge in [-0.2, -0.15) is 0 Å². The van der Waals surface area contributed by atoms with Crippen LogP contribution in [0.5, 0.6) is 17.2 Å². The van der Waals surface area contributed by atoms with Gasteiger partial charge in [-0.05, 0) is 22.0 Å². The van der Waals surface area contributed by atoms with E-state index in [1.165, 1.54) is 20.3 Å². The third-order valence-corrected chi connectivity index (χ3v) is 2.88. The Balaban J connectivity index is 3.44. The SMILES string of the molecule is COc1cc(C(O)C(=O)O)c(O)c(Br)c1OC. The molecule has 0 aliphatic carbocycles. The van der Waals surface area contributed by atoms with E-state index in [-0.39, 0.29) is 21.5 Å². The molecule has 0 amide bonds. The second-order valence-corrected chi connectivity index (χ2v) is 3.90. The number of aliphatic hydroxyl groups is 1. The highest BCUT2D eigenvalue weighted by atomic mass is 79.9. The van der Waals surface area contributed by atoms with Gasteiger partial charge in [0.1, 0.15) is 10.2 Å². The van der Waals surface area contributed by atoms with Crippen molar-refractivity contribution in [3.63, 3.8) is 0 Å². The van der Waals surface area contributed by atoms with Crippen molar-refractivity contribution in [2.24, 2.45) is 0 Å². The number of ether oxygens (including phenoxy) is 2. The third-order valence-electron chi connectivity index (χ3n) is 2.14. The number of halogens is 1. The van der Waals surface area contributed by atoms with Gasteiger partial charge in [0.05, 0.1) is 14.2 Å². The highest BCUT2D eigenvalue weighted by Gasteiger charge is 2.25. The molecule has 17 heavy (non-hydrogen) atoms. The molecule has 94 valence electrons. The number of phenols is 1. The van der Waals surface area contributed by atoms with Gasteiger partial charge in [-0.3, -0.25) is 0 Å². The number of rotatable bonds is 4. The molecule has 1 unspecified atom stereocenters. The molecule has 0 saturated carbocycles. The van der Waals surface area contributed by atoms with Crippen molar-refractivity contribution in [1.29, 1.82) is 0 Å². The zero-order chi connectivity index (χ0) is 13.2. The molecule has 0 aliphatic rings. The van der Waals surface area contributed by atoms with Crippen LogP contribution in [0, 0.1) is 0 Å². The van der Waals surface area contributed by atoms with Gasteiger partial charge in [-0.15, -0.1) is 0 Å². The van der Waals surface area contributed by atoms with Gasteiger partial charge in [-0.1, -0.05) is 0 Å². The van der Waals surface area contributed by atoms with Gasteiger partial charge in [0.15, 0.2) is 17.6 Å². The number of aromatic hydroxyl groups is 1. The lowest BCUT2D eigenvalue weighted by Gasteiger charge is -2.15. The fourth-order valence-corrected chi connectivity index (χ4v) is 1.89. The zero-order valence-electron chi connectivity index (χ0n) is 9.10. The van der Waals surface area contributed by atoms with Crippen LogP contribution in [0.1, 0.15) is 11.7 Å². The quantitative estimate of drug-likeness (QED) is 0.775. The first-order chi connectivity index (χ1) is 7.93. The van der Waals surface area contributed by atoms with Gasteiger partial charge in [0.25, 0.3) is 0 Å². The predicted molar refractivity (Wildman–Crippen MR) is 61.5 cm³/mol. The topological polar surface area (TPSA) is 96.2 Å². The maximum absolute atomic E-state index is 10.7. The Morgan fingerprint density at radius 1 is 1.41 bits per heavy atom. The molecular formula is C10H11BrO6. The van der Waals surface area contributed by atoms with Crippen LogP contribution in [-0.2, 0) is 4.79 Å². The number of aliphatic carboxylic acids is 1. The molecule has 0 saturated heterocycles. The second kappa shape index (κ2) is 5.24. The number of carboxylic acid groups (broad SMARTS) is 1. The van der Waals surface area contributed by atoms with Crippen molar-refractivity contribution >= 4 is 21.9 Å². The highest BCUT2D eigenvalue weighted by molar-refractivity contribution is 9.10. The highest BCUT2D eigenvalue weighted by Crippen LogP contribution is 2.45. The largest absolute Gasteiger partial charge is 0.506 e. The van der Waals surface area contributed by atoms with Crippen molar-refractivity contribution in [3.05, 3.63) is 16.1 Å². The van der Waals surface area contributed by atoms with Crippen LogP contribution in [0.4, 0.5) is 0 Å². The molecule has 0 radical (unpaired) electrons. The minimum atomic E-state index is -1.84. The van der Waals surface area contributed by atoms with Gasteiger partial charge >= 0.3 is 5.97 Å². The van der Waals surface area contributed by atoms with Gasteiger partial charge in [0, 0.05) is 5.56 Å². The maximum atomic E-state index is 10.7. The van der Waals surface area contributed by atoms with Gasteiger partial charge in [-0.25, -0.2) is 4.79 Å². The summed E-state index contributed by atoms with van der Waals surface area (Å²) in [4.78, 5) is 10.7. The third kappa shape index (κ3) is 2.45. The van der Waals surface area contributed by atoms with E-state index in [2.05, 4.69) is 15.9 Å². The second-order valence-electron chi connectivity index (χ2n) is 3.10. The summed E-state index contributed by atoms with van der Waals surface area (Å²) in [6.07, 6.45) is -1.84. The van der Waals surface area contributed by atoms with Gasteiger partial charge in [0.2, 0.25) is 0 Å². The summed E-state index contributed by atoms with van der Waals surface area (Å²) in [6, 6.07) is 1.21. The minimum absolute atomic E-state index is 0.120. The maximum Gasteiger partial charge on any atom is 0.337 e. The lowest BCUT2D eigenvalue weighted by molar-refractivity contribution is -0.147. The number of carbonyl (C=O) groups is 1. The molecule has 1 atom stereocenters. The molecule has 1 aromatic carbocycles. The van der Waals surface area contributed by atoms with E-state index >= 15 is 0 Å². The Labute approximate surface area is 106 Å². The molecular weight excluding hydrogens is 296 g/mol. The first kappa shape index (κ1) is 13.6. The van der Waals surface area contributed by atoms with E-state index in [0.717, 1.165) is 0 Å². The molecule has 0 aromatic heterocycles. The number of phenolic OH excluding ortho intramolecular Hbond substituents is 1. The molecule has 0 bridgehead atoms. The van der Waals surface area contributed by atoms with Gasteiger partial charge < -0.3 is 24.8 Å². The van der Waals surface area contributed by atoms with Crippen LogP contribution in [0.15, 0.2) is 10.5 Å². The summed E-state index contributed by atoms with van der Waals surface area (Å²) < 4.78 is 10.1. The number of hydrogen-bond donors (Lipinski definition) is 3. The molecule has 1 rings (SSSR count). The van der Waals surface area contributed by atoms with Crippen LogP contribution in [0.3, 0.4) is 0 Å². The van der Waals surface area contributed by atoms with Crippen molar-refractivity contribution in [2.45, 2.75) is 6.10 Å². The Kier molecular flexibility index (Phi) is 4.19. The lowest BCUT2D eigenvalue weighted by Crippen LogP contribution is -2.11. The van der Waals surface area contributed by atoms with Crippen LogP contribution >= 0.6 is 15.9 Å². The van der Waals surface area contributed by atoms with Crippen molar-refractivity contribution in [2.75, 3.05) is 14.2 Å². The fraction of sp³-hybridized carbons (Fsp3) is 0.300. The number of benzene rings is 1. The van der Waals surface area contributed by atoms with Crippen molar-refractivity contribution in [3.8, 4) is 17.2 Å². The molecule has 3 N–H and O–H groups in total. The number of aliphatic hydroxyl groups excluding tert-OH is 1. The Bertz CT molecular complexity index is 445. The van der Waals surface area contributed by atoms with E-state index in [1.807, 2.05) is 0 Å². The lowest BCUT2D eigenvalue weighted by atomic mass is 10.1. The summed E-state index contributed by atoms with van der Waals surface area (Å²) in [5, 5.41) is 27.8. The van der Waals surface area contributed by atoms with Crippen LogP contribution in [0.2, 0.25) is 0 Å². The number of methoxy groups -OCH3 is 2. The summed E-state index contributed by atoms with van der Waals surface area (Å²) in [5.41, 5.74) is -0.179. The standard InChI is InChI=1S/C10H11BrO6/c1-16-5-3-4(8(13)10(14)15)7(12)6(11)9(5)17-2/h3,8,12-13H,1-2H3,(H,14,15). The molecule has 0 aliphatic heterocycles. The Morgan fingerprint density at radius 2 is 2.00 bits per heavy atom. The average Bonchev–Trinajstić information content (AvgIpc) is 2.31. The summed E-state index contributed by atoms with van der Waals surface area (Å²) in [6.45, 7) is 0. The predicted octanol–water partition coefficient (Wildman–Crippen LogP) is 1.29. The molecule has 0 spiro atoms. The van der Waals surface area contributed by atoms with E-state index in [1.54, 1.807) is 0 Å². The summed E-state index contributed by atoms with van der Waals surface area (Å²) in [5.74, 6) is -1.46. The Morgan fingerprint density at radius 3 is 2.41 bits per heavy atom. The van der Waals surface area contributed by atoms with Crippen molar-refractivity contribution < 1.29 is 29.6 Å². The van der Waals surface area contributed by atoms with Crippen molar-refractivity contribution in [1.82, 2.24) is 0 Å². The smallest absolute Gasteiger partial charge is 0.337 e. The molecule has 0 fully saturated rings. The van der Waals surface area contributed by atoms with E-state index in [9.17, 15) is 15.0 Å².